The summed E-state index contributed by atoms with van der Waals surface area (Å²) >= 11 is 12.3. The van der Waals surface area contributed by atoms with Gasteiger partial charge in [0.05, 0.1) is 5.02 Å². The fourth-order valence-corrected chi connectivity index (χ4v) is 2.68. The minimum absolute atomic E-state index is 0.174. The minimum atomic E-state index is 0.174. The van der Waals surface area contributed by atoms with E-state index in [1.54, 1.807) is 12.1 Å². The first-order valence-corrected chi connectivity index (χ1v) is 7.41. The van der Waals surface area contributed by atoms with Crippen molar-refractivity contribution in [2.75, 3.05) is 6.79 Å². The maximum absolute atomic E-state index is 6.20. The third-order valence-electron chi connectivity index (χ3n) is 3.05. The predicted molar refractivity (Wildman–Crippen MR) is 82.2 cm³/mol. The Labute approximate surface area is 133 Å². The third-order valence-corrected chi connectivity index (χ3v) is 3.53. The summed E-state index contributed by atoms with van der Waals surface area (Å²) in [4.78, 5) is 8.84. The first-order chi connectivity index (χ1) is 10.0. The van der Waals surface area contributed by atoms with Crippen molar-refractivity contribution in [3.8, 4) is 22.9 Å². The molecule has 0 radical (unpaired) electrons. The van der Waals surface area contributed by atoms with E-state index in [1.807, 2.05) is 6.07 Å². The minimum Gasteiger partial charge on any atom is -0.454 e. The molecular formula is C15H14Cl2N2O2. The average Bonchev–Trinajstić information content (AvgIpc) is 2.86. The van der Waals surface area contributed by atoms with Gasteiger partial charge in [-0.1, -0.05) is 37.0 Å². The van der Waals surface area contributed by atoms with Crippen LogP contribution in [0.15, 0.2) is 18.2 Å². The fraction of sp³-hybridized carbons (Fsp3) is 0.333. The van der Waals surface area contributed by atoms with Gasteiger partial charge in [-0.25, -0.2) is 9.97 Å². The van der Waals surface area contributed by atoms with Gasteiger partial charge >= 0.3 is 0 Å². The molecule has 3 rings (SSSR count). The molecule has 110 valence electrons. The molecule has 0 saturated heterocycles. The monoisotopic (exact) mass is 324 g/mol. The fourth-order valence-electron chi connectivity index (χ4n) is 2.21. The molecule has 0 fully saturated rings. The van der Waals surface area contributed by atoms with E-state index in [0.29, 0.717) is 33.4 Å². The van der Waals surface area contributed by atoms with E-state index in [-0.39, 0.29) is 6.79 Å². The van der Waals surface area contributed by atoms with Crippen LogP contribution < -0.4 is 9.47 Å². The number of fused-ring (bicyclic) bond motifs is 1. The molecule has 2 aromatic rings. The topological polar surface area (TPSA) is 44.2 Å². The Bertz CT molecular complexity index is 690. The Morgan fingerprint density at radius 3 is 2.71 bits per heavy atom. The SMILES string of the molecule is CC(C)Cc1cc(Cl)nc(-c2cc(Cl)c3c(c2)OCO3)n1. The van der Waals surface area contributed by atoms with Gasteiger partial charge in [-0.15, -0.1) is 0 Å². The maximum Gasteiger partial charge on any atom is 0.231 e. The summed E-state index contributed by atoms with van der Waals surface area (Å²) in [5.41, 5.74) is 1.67. The van der Waals surface area contributed by atoms with E-state index in [0.717, 1.165) is 17.7 Å². The normalized spacial score (nSPS) is 13.0. The molecule has 1 aliphatic heterocycles. The van der Waals surface area contributed by atoms with Gasteiger partial charge in [0.15, 0.2) is 17.3 Å². The number of nitrogens with zero attached hydrogens (tertiary/aromatic N) is 2. The largest absolute Gasteiger partial charge is 0.454 e. The Hall–Kier alpha value is -1.52. The van der Waals surface area contributed by atoms with Crippen molar-refractivity contribution in [2.45, 2.75) is 20.3 Å². The van der Waals surface area contributed by atoms with Crippen LogP contribution in [0.3, 0.4) is 0 Å². The van der Waals surface area contributed by atoms with Gasteiger partial charge in [-0.3, -0.25) is 0 Å². The molecule has 6 heteroatoms. The van der Waals surface area contributed by atoms with Crippen molar-refractivity contribution < 1.29 is 9.47 Å². The van der Waals surface area contributed by atoms with Gasteiger partial charge in [0.2, 0.25) is 6.79 Å². The summed E-state index contributed by atoms with van der Waals surface area (Å²) in [5, 5.41) is 0.901. The van der Waals surface area contributed by atoms with E-state index in [2.05, 4.69) is 23.8 Å². The van der Waals surface area contributed by atoms with Crippen LogP contribution in [0.25, 0.3) is 11.4 Å². The van der Waals surface area contributed by atoms with Crippen molar-refractivity contribution in [2.24, 2.45) is 5.92 Å². The van der Waals surface area contributed by atoms with Crippen molar-refractivity contribution >= 4 is 23.2 Å². The quantitative estimate of drug-likeness (QED) is 0.786. The highest BCUT2D eigenvalue weighted by Gasteiger charge is 2.20. The summed E-state index contributed by atoms with van der Waals surface area (Å²) in [7, 11) is 0. The number of hydrogen-bond donors (Lipinski definition) is 0. The Balaban J connectivity index is 2.04. The summed E-state index contributed by atoms with van der Waals surface area (Å²) in [6.07, 6.45) is 0.841. The first kappa shape index (κ1) is 14.4. The summed E-state index contributed by atoms with van der Waals surface area (Å²) < 4.78 is 10.7. The van der Waals surface area contributed by atoms with Crippen LogP contribution in [0.2, 0.25) is 10.2 Å². The van der Waals surface area contributed by atoms with Gasteiger partial charge in [0, 0.05) is 11.3 Å². The molecule has 0 unspecified atom stereocenters. The Morgan fingerprint density at radius 2 is 1.95 bits per heavy atom. The van der Waals surface area contributed by atoms with Crippen molar-refractivity contribution in [1.82, 2.24) is 9.97 Å². The number of hydrogen-bond acceptors (Lipinski definition) is 4. The number of rotatable bonds is 3. The number of benzene rings is 1. The molecule has 0 spiro atoms. The third kappa shape index (κ3) is 3.06. The van der Waals surface area contributed by atoms with Crippen LogP contribution >= 0.6 is 23.2 Å². The summed E-state index contributed by atoms with van der Waals surface area (Å²) in [6.45, 7) is 4.44. The van der Waals surface area contributed by atoms with Crippen LogP contribution in [0, 0.1) is 5.92 Å². The molecular weight excluding hydrogens is 311 g/mol. The van der Waals surface area contributed by atoms with E-state index >= 15 is 0 Å². The van der Waals surface area contributed by atoms with Gasteiger partial charge in [-0.2, -0.15) is 0 Å². The van der Waals surface area contributed by atoms with Crippen LogP contribution in [0.4, 0.5) is 0 Å². The molecule has 21 heavy (non-hydrogen) atoms. The van der Waals surface area contributed by atoms with E-state index < -0.39 is 0 Å². The molecule has 0 atom stereocenters. The highest BCUT2D eigenvalue weighted by Crippen LogP contribution is 2.41. The van der Waals surface area contributed by atoms with Gasteiger partial charge in [0.25, 0.3) is 0 Å². The molecule has 0 aliphatic carbocycles. The second kappa shape index (κ2) is 5.70. The van der Waals surface area contributed by atoms with Gasteiger partial charge < -0.3 is 9.47 Å². The average molecular weight is 325 g/mol. The van der Waals surface area contributed by atoms with E-state index in [9.17, 15) is 0 Å². The first-order valence-electron chi connectivity index (χ1n) is 6.66. The summed E-state index contributed by atoms with van der Waals surface area (Å²) in [6, 6.07) is 5.37. The summed E-state index contributed by atoms with van der Waals surface area (Å²) in [5.74, 6) is 2.19. The lowest BCUT2D eigenvalue weighted by Gasteiger charge is -2.08. The standard InChI is InChI=1S/C15H14Cl2N2O2/c1-8(2)3-10-6-13(17)19-15(18-10)9-4-11(16)14-12(5-9)20-7-21-14/h4-6,8H,3,7H2,1-2H3. The molecule has 1 aromatic carbocycles. The van der Waals surface area contributed by atoms with E-state index in [4.69, 9.17) is 32.7 Å². The zero-order valence-corrected chi connectivity index (χ0v) is 13.2. The molecule has 0 bridgehead atoms. The molecule has 0 N–H and O–H groups in total. The van der Waals surface area contributed by atoms with Crippen LogP contribution in [-0.2, 0) is 6.42 Å². The highest BCUT2D eigenvalue weighted by atomic mass is 35.5. The molecule has 2 heterocycles. The number of aromatic nitrogens is 2. The zero-order valence-electron chi connectivity index (χ0n) is 11.7. The Morgan fingerprint density at radius 1 is 1.14 bits per heavy atom. The lowest BCUT2D eigenvalue weighted by molar-refractivity contribution is 0.174. The zero-order chi connectivity index (χ0) is 15.0. The lowest BCUT2D eigenvalue weighted by Crippen LogP contribution is -2.00. The van der Waals surface area contributed by atoms with Crippen LogP contribution in [0.1, 0.15) is 19.5 Å². The van der Waals surface area contributed by atoms with Crippen LogP contribution in [-0.4, -0.2) is 16.8 Å². The molecule has 1 aliphatic rings. The van der Waals surface area contributed by atoms with Crippen molar-refractivity contribution in [3.63, 3.8) is 0 Å². The smallest absolute Gasteiger partial charge is 0.231 e. The number of halogens is 2. The van der Waals surface area contributed by atoms with Crippen molar-refractivity contribution in [3.05, 3.63) is 34.1 Å². The maximum atomic E-state index is 6.20. The highest BCUT2D eigenvalue weighted by molar-refractivity contribution is 6.32. The molecule has 4 nitrogen and oxygen atoms in total. The molecule has 0 saturated carbocycles. The lowest BCUT2D eigenvalue weighted by atomic mass is 10.1. The van der Waals surface area contributed by atoms with Gasteiger partial charge in [-0.05, 0) is 30.5 Å². The second-order valence-corrected chi connectivity index (χ2v) is 6.09. The predicted octanol–water partition coefficient (Wildman–Crippen LogP) is 4.38. The Kier molecular flexibility index (Phi) is 3.91. The number of ether oxygens (including phenoxy) is 2. The second-order valence-electron chi connectivity index (χ2n) is 5.30. The molecule has 0 amide bonds. The van der Waals surface area contributed by atoms with Gasteiger partial charge in [0.1, 0.15) is 5.15 Å². The molecule has 1 aromatic heterocycles. The van der Waals surface area contributed by atoms with E-state index in [1.165, 1.54) is 0 Å². The van der Waals surface area contributed by atoms with Crippen LogP contribution in [0.5, 0.6) is 11.5 Å². The van der Waals surface area contributed by atoms with Crippen molar-refractivity contribution in [1.29, 1.82) is 0 Å².